The van der Waals surface area contributed by atoms with E-state index < -0.39 is 0 Å². The number of ether oxygens (including phenoxy) is 2. The van der Waals surface area contributed by atoms with E-state index in [0.29, 0.717) is 5.41 Å². The largest absolute Gasteiger partial charge is 0.493 e. The van der Waals surface area contributed by atoms with E-state index in [2.05, 4.69) is 5.32 Å². The van der Waals surface area contributed by atoms with E-state index in [9.17, 15) is 0 Å². The molecule has 0 unspecified atom stereocenters. The lowest BCUT2D eigenvalue weighted by Crippen LogP contribution is -2.57. The summed E-state index contributed by atoms with van der Waals surface area (Å²) in [6.45, 7) is 3.14. The average molecular weight is 275 g/mol. The fourth-order valence-corrected chi connectivity index (χ4v) is 3.76. The van der Waals surface area contributed by atoms with Crippen LogP contribution in [0.1, 0.15) is 32.1 Å². The Hall–Kier alpha value is -1.22. The molecule has 2 fully saturated rings. The van der Waals surface area contributed by atoms with Crippen molar-refractivity contribution in [3.8, 4) is 11.5 Å². The Morgan fingerprint density at radius 1 is 1.15 bits per heavy atom. The summed E-state index contributed by atoms with van der Waals surface area (Å²) in [5, 5.41) is 3.47. The number of benzene rings is 1. The smallest absolute Gasteiger partial charge is 0.161 e. The van der Waals surface area contributed by atoms with Crippen molar-refractivity contribution in [2.75, 3.05) is 26.8 Å². The third-order valence-corrected chi connectivity index (χ3v) is 5.10. The van der Waals surface area contributed by atoms with Crippen molar-refractivity contribution in [1.82, 2.24) is 5.32 Å². The van der Waals surface area contributed by atoms with E-state index in [-0.39, 0.29) is 0 Å². The van der Waals surface area contributed by atoms with Crippen LogP contribution in [0.5, 0.6) is 11.5 Å². The summed E-state index contributed by atoms with van der Waals surface area (Å²) in [7, 11) is 1.69. The lowest BCUT2D eigenvalue weighted by atomic mass is 9.68. The van der Waals surface area contributed by atoms with Crippen molar-refractivity contribution in [3.63, 3.8) is 0 Å². The highest BCUT2D eigenvalue weighted by molar-refractivity contribution is 5.39. The molecule has 2 aliphatic rings. The zero-order valence-corrected chi connectivity index (χ0v) is 12.4. The van der Waals surface area contributed by atoms with Crippen molar-refractivity contribution in [1.29, 1.82) is 0 Å². The summed E-state index contributed by atoms with van der Waals surface area (Å²) in [6.07, 6.45) is 6.81. The quantitative estimate of drug-likeness (QED) is 0.864. The highest BCUT2D eigenvalue weighted by atomic mass is 16.5. The van der Waals surface area contributed by atoms with Crippen LogP contribution >= 0.6 is 0 Å². The van der Waals surface area contributed by atoms with Gasteiger partial charge in [-0.15, -0.1) is 0 Å². The van der Waals surface area contributed by atoms with E-state index in [1.54, 1.807) is 7.11 Å². The van der Waals surface area contributed by atoms with Crippen LogP contribution in [0.25, 0.3) is 0 Å². The molecule has 1 aliphatic heterocycles. The van der Waals surface area contributed by atoms with Crippen molar-refractivity contribution in [3.05, 3.63) is 24.3 Å². The first-order valence-corrected chi connectivity index (χ1v) is 7.81. The molecule has 3 rings (SSSR count). The average Bonchev–Trinajstić information content (AvgIpc) is 2.96. The Balaban J connectivity index is 1.56. The van der Waals surface area contributed by atoms with Crippen molar-refractivity contribution in [2.45, 2.75) is 32.1 Å². The molecule has 1 aromatic carbocycles. The van der Waals surface area contributed by atoms with Crippen LogP contribution < -0.4 is 14.8 Å². The first-order chi connectivity index (χ1) is 9.84. The van der Waals surface area contributed by atoms with Crippen LogP contribution in [0, 0.1) is 11.3 Å². The van der Waals surface area contributed by atoms with Crippen LogP contribution in [0.2, 0.25) is 0 Å². The third-order valence-electron chi connectivity index (χ3n) is 5.10. The fourth-order valence-electron chi connectivity index (χ4n) is 3.76. The van der Waals surface area contributed by atoms with Gasteiger partial charge in [-0.25, -0.2) is 0 Å². The van der Waals surface area contributed by atoms with Gasteiger partial charge < -0.3 is 14.8 Å². The van der Waals surface area contributed by atoms with Crippen molar-refractivity contribution < 1.29 is 9.47 Å². The lowest BCUT2D eigenvalue weighted by Gasteiger charge is -2.47. The summed E-state index contributed by atoms with van der Waals surface area (Å²) in [4.78, 5) is 0. The van der Waals surface area contributed by atoms with Gasteiger partial charge in [0, 0.05) is 18.5 Å². The van der Waals surface area contributed by atoms with Gasteiger partial charge in [-0.1, -0.05) is 25.0 Å². The molecule has 3 heteroatoms. The molecule has 1 saturated heterocycles. The number of methoxy groups -OCH3 is 1. The second kappa shape index (κ2) is 6.04. The van der Waals surface area contributed by atoms with Gasteiger partial charge in [0.15, 0.2) is 11.5 Å². The molecule has 0 atom stereocenters. The normalized spacial score (nSPS) is 21.4. The first-order valence-electron chi connectivity index (χ1n) is 7.81. The van der Waals surface area contributed by atoms with Crippen LogP contribution in [0.4, 0.5) is 0 Å². The molecule has 20 heavy (non-hydrogen) atoms. The summed E-state index contributed by atoms with van der Waals surface area (Å²) >= 11 is 0. The molecule has 1 N–H and O–H groups in total. The molecule has 0 aromatic heterocycles. The second-order valence-electron chi connectivity index (χ2n) is 6.20. The molecule has 3 nitrogen and oxygen atoms in total. The van der Waals surface area contributed by atoms with Gasteiger partial charge in [-0.2, -0.15) is 0 Å². The van der Waals surface area contributed by atoms with Crippen LogP contribution in [-0.4, -0.2) is 26.8 Å². The zero-order chi connectivity index (χ0) is 13.8. The third kappa shape index (κ3) is 2.64. The van der Waals surface area contributed by atoms with Crippen molar-refractivity contribution >= 4 is 0 Å². The number of rotatable bonds is 6. The summed E-state index contributed by atoms with van der Waals surface area (Å²) in [5.74, 6) is 2.60. The van der Waals surface area contributed by atoms with E-state index >= 15 is 0 Å². The van der Waals surface area contributed by atoms with Crippen LogP contribution in [-0.2, 0) is 0 Å². The Kier molecular flexibility index (Phi) is 4.16. The SMILES string of the molecule is COc1ccccc1OCCC1(C2CCCC2)CNC1. The topological polar surface area (TPSA) is 30.5 Å². The monoisotopic (exact) mass is 275 g/mol. The molecule has 1 heterocycles. The maximum atomic E-state index is 5.97. The van der Waals surface area contributed by atoms with Gasteiger partial charge in [0.25, 0.3) is 0 Å². The van der Waals surface area contributed by atoms with Crippen LogP contribution in [0.3, 0.4) is 0 Å². The standard InChI is InChI=1S/C17H25NO2/c1-19-15-8-4-5-9-16(15)20-11-10-17(12-18-13-17)14-6-2-3-7-14/h4-5,8-9,14,18H,2-3,6-7,10-13H2,1H3. The Labute approximate surface area is 121 Å². The zero-order valence-electron chi connectivity index (χ0n) is 12.4. The lowest BCUT2D eigenvalue weighted by molar-refractivity contribution is 0.0518. The molecule has 1 aliphatic carbocycles. The Morgan fingerprint density at radius 2 is 1.85 bits per heavy atom. The maximum Gasteiger partial charge on any atom is 0.161 e. The van der Waals surface area contributed by atoms with E-state index in [1.165, 1.54) is 38.8 Å². The molecule has 1 saturated carbocycles. The molecule has 110 valence electrons. The molecule has 0 amide bonds. The highest BCUT2D eigenvalue weighted by Gasteiger charge is 2.44. The second-order valence-corrected chi connectivity index (χ2v) is 6.20. The summed E-state index contributed by atoms with van der Waals surface area (Å²) in [6, 6.07) is 7.91. The van der Waals surface area contributed by atoms with Gasteiger partial charge in [0.05, 0.1) is 13.7 Å². The predicted octanol–water partition coefficient (Wildman–Crippen LogP) is 3.24. The first kappa shape index (κ1) is 13.7. The van der Waals surface area contributed by atoms with E-state index in [4.69, 9.17) is 9.47 Å². The Bertz CT molecular complexity index is 436. The van der Waals surface area contributed by atoms with E-state index in [1.807, 2.05) is 24.3 Å². The van der Waals surface area contributed by atoms with Gasteiger partial charge in [-0.3, -0.25) is 0 Å². The van der Waals surface area contributed by atoms with Crippen molar-refractivity contribution in [2.24, 2.45) is 11.3 Å². The number of nitrogens with one attached hydrogen (secondary N) is 1. The fraction of sp³-hybridized carbons (Fsp3) is 0.647. The Morgan fingerprint density at radius 3 is 2.45 bits per heavy atom. The summed E-state index contributed by atoms with van der Waals surface area (Å²) in [5.41, 5.74) is 0.499. The molecule has 0 spiro atoms. The van der Waals surface area contributed by atoms with Gasteiger partial charge >= 0.3 is 0 Å². The number of hydrogen-bond donors (Lipinski definition) is 1. The minimum absolute atomic E-state index is 0.499. The molecule has 0 radical (unpaired) electrons. The minimum Gasteiger partial charge on any atom is -0.493 e. The number of hydrogen-bond acceptors (Lipinski definition) is 3. The van der Waals surface area contributed by atoms with Gasteiger partial charge in [0.2, 0.25) is 0 Å². The number of para-hydroxylation sites is 2. The van der Waals surface area contributed by atoms with E-state index in [0.717, 1.165) is 30.4 Å². The van der Waals surface area contributed by atoms with Gasteiger partial charge in [-0.05, 0) is 37.3 Å². The summed E-state index contributed by atoms with van der Waals surface area (Å²) < 4.78 is 11.3. The van der Waals surface area contributed by atoms with Crippen LogP contribution in [0.15, 0.2) is 24.3 Å². The molecular weight excluding hydrogens is 250 g/mol. The molecular formula is C17H25NO2. The molecule has 1 aromatic rings. The minimum atomic E-state index is 0.499. The van der Waals surface area contributed by atoms with Gasteiger partial charge in [0.1, 0.15) is 0 Å². The highest BCUT2D eigenvalue weighted by Crippen LogP contribution is 2.45. The maximum absolute atomic E-state index is 5.97. The predicted molar refractivity (Wildman–Crippen MR) is 80.4 cm³/mol. The molecule has 0 bridgehead atoms.